The summed E-state index contributed by atoms with van der Waals surface area (Å²) in [5.74, 6) is -0.382. The Hall–Kier alpha value is -0.653. The lowest BCUT2D eigenvalue weighted by Crippen LogP contribution is -2.43. The quantitative estimate of drug-likeness (QED) is 0.280. The van der Waals surface area contributed by atoms with Crippen molar-refractivity contribution in [3.63, 3.8) is 0 Å². The Morgan fingerprint density at radius 3 is 2.11 bits per heavy atom. The number of ether oxygens (including phenoxy) is 1. The van der Waals surface area contributed by atoms with E-state index in [0.717, 1.165) is 12.5 Å². The van der Waals surface area contributed by atoms with Crippen LogP contribution in [0.5, 0.6) is 0 Å². The molecule has 0 aromatic carbocycles. The van der Waals surface area contributed by atoms with Crippen LogP contribution in [0.3, 0.4) is 0 Å². The lowest BCUT2D eigenvalue weighted by Gasteiger charge is -2.31. The molecule has 4 nitrogen and oxygen atoms in total. The molecule has 0 aromatic heterocycles. The van der Waals surface area contributed by atoms with E-state index in [1.165, 1.54) is 6.08 Å². The molecule has 0 N–H and O–H groups in total. The molecule has 0 rings (SSSR count). The number of hydrogen-bond acceptors (Lipinski definition) is 4. The average Bonchev–Trinajstić information content (AvgIpc) is 2.21. The van der Waals surface area contributed by atoms with Crippen molar-refractivity contribution < 1.29 is 18.4 Å². The van der Waals surface area contributed by atoms with Crippen molar-refractivity contribution in [1.29, 1.82) is 0 Å². The van der Waals surface area contributed by atoms with Crippen LogP contribution >= 0.6 is 0 Å². The Labute approximate surface area is 112 Å². The standard InChI is InChI=1S/C13H26O4Si/c1-7-13(14)15-9-8-10-18(6,16-11(2)3)17-12(4)5/h7,11-12H,1,8-10H2,2-6H3. The van der Waals surface area contributed by atoms with E-state index in [9.17, 15) is 4.79 Å². The molecule has 0 atom stereocenters. The Bertz CT molecular complexity index is 254. The molecule has 0 amide bonds. The molecule has 0 unspecified atom stereocenters. The van der Waals surface area contributed by atoms with Gasteiger partial charge >= 0.3 is 14.5 Å². The number of hydrogen-bond donors (Lipinski definition) is 0. The lowest BCUT2D eigenvalue weighted by atomic mass is 10.5. The van der Waals surface area contributed by atoms with Gasteiger partial charge in [-0.1, -0.05) is 6.58 Å². The van der Waals surface area contributed by atoms with Gasteiger partial charge < -0.3 is 13.6 Å². The van der Waals surface area contributed by atoms with Crippen molar-refractivity contribution in [3.8, 4) is 0 Å². The van der Waals surface area contributed by atoms with Crippen LogP contribution < -0.4 is 0 Å². The Morgan fingerprint density at radius 1 is 1.22 bits per heavy atom. The van der Waals surface area contributed by atoms with Crippen molar-refractivity contribution in [2.45, 2.75) is 58.9 Å². The molecule has 0 aliphatic heterocycles. The highest BCUT2D eigenvalue weighted by atomic mass is 28.4. The highest BCUT2D eigenvalue weighted by Gasteiger charge is 2.33. The highest BCUT2D eigenvalue weighted by Crippen LogP contribution is 2.20. The SMILES string of the molecule is C=CC(=O)OCCC[Si](C)(OC(C)C)OC(C)C. The molecular weight excluding hydrogens is 248 g/mol. The van der Waals surface area contributed by atoms with Gasteiger partial charge in [0.05, 0.1) is 6.61 Å². The summed E-state index contributed by atoms with van der Waals surface area (Å²) < 4.78 is 16.8. The van der Waals surface area contributed by atoms with E-state index < -0.39 is 8.56 Å². The third-order valence-corrected chi connectivity index (χ3v) is 5.36. The third kappa shape index (κ3) is 8.44. The summed E-state index contributed by atoms with van der Waals surface area (Å²) >= 11 is 0. The van der Waals surface area contributed by atoms with Crippen LogP contribution in [0.1, 0.15) is 34.1 Å². The zero-order valence-electron chi connectivity index (χ0n) is 12.2. The summed E-state index contributed by atoms with van der Waals surface area (Å²) in [6.45, 7) is 13.8. The molecule has 0 bridgehead atoms. The molecule has 106 valence electrons. The molecule has 18 heavy (non-hydrogen) atoms. The van der Waals surface area contributed by atoms with Gasteiger partial charge in [0.2, 0.25) is 0 Å². The van der Waals surface area contributed by atoms with Gasteiger partial charge in [-0.3, -0.25) is 0 Å². The maximum absolute atomic E-state index is 10.9. The average molecular weight is 274 g/mol. The normalized spacial score (nSPS) is 11.9. The molecule has 0 spiro atoms. The van der Waals surface area contributed by atoms with E-state index in [-0.39, 0.29) is 18.2 Å². The van der Waals surface area contributed by atoms with Gasteiger partial charge in [0.25, 0.3) is 0 Å². The monoisotopic (exact) mass is 274 g/mol. The summed E-state index contributed by atoms with van der Waals surface area (Å²) in [5, 5.41) is 0. The fourth-order valence-corrected chi connectivity index (χ4v) is 4.84. The Morgan fingerprint density at radius 2 is 1.72 bits per heavy atom. The second-order valence-corrected chi connectivity index (χ2v) is 8.18. The van der Waals surface area contributed by atoms with Crippen LogP contribution in [0.25, 0.3) is 0 Å². The molecule has 5 heteroatoms. The maximum atomic E-state index is 10.9. The van der Waals surface area contributed by atoms with Crippen LogP contribution in [0.15, 0.2) is 12.7 Å². The summed E-state index contributed by atoms with van der Waals surface area (Å²) in [4.78, 5) is 10.9. The van der Waals surface area contributed by atoms with Crippen molar-refractivity contribution in [2.24, 2.45) is 0 Å². The number of carbonyl (C=O) groups excluding carboxylic acids is 1. The first-order valence-corrected chi connectivity index (χ1v) is 8.96. The van der Waals surface area contributed by atoms with Gasteiger partial charge in [-0.05, 0) is 46.7 Å². The van der Waals surface area contributed by atoms with Crippen LogP contribution in [0.4, 0.5) is 0 Å². The molecule has 0 heterocycles. The lowest BCUT2D eigenvalue weighted by molar-refractivity contribution is -0.137. The van der Waals surface area contributed by atoms with Crippen molar-refractivity contribution in [3.05, 3.63) is 12.7 Å². The summed E-state index contributed by atoms with van der Waals surface area (Å²) in [6, 6.07) is 0.813. The van der Waals surface area contributed by atoms with Crippen LogP contribution in [0.2, 0.25) is 12.6 Å². The molecule has 0 fully saturated rings. The molecule has 0 radical (unpaired) electrons. The van der Waals surface area contributed by atoms with E-state index in [0.29, 0.717) is 6.61 Å². The second-order valence-electron chi connectivity index (χ2n) is 4.94. The van der Waals surface area contributed by atoms with Gasteiger partial charge in [0.1, 0.15) is 0 Å². The third-order valence-electron chi connectivity index (χ3n) is 2.16. The first-order valence-electron chi connectivity index (χ1n) is 6.44. The van der Waals surface area contributed by atoms with Crippen molar-refractivity contribution >= 4 is 14.5 Å². The molecular formula is C13H26O4Si. The molecule has 0 saturated carbocycles. The summed E-state index contributed by atoms with van der Waals surface area (Å²) in [6.07, 6.45) is 2.22. The van der Waals surface area contributed by atoms with E-state index in [2.05, 4.69) is 13.1 Å². The summed E-state index contributed by atoms with van der Waals surface area (Å²) in [5.41, 5.74) is 0. The maximum Gasteiger partial charge on any atom is 0.335 e. The van der Waals surface area contributed by atoms with E-state index >= 15 is 0 Å². The molecule has 0 saturated heterocycles. The number of esters is 1. The Kier molecular flexibility index (Phi) is 8.14. The minimum Gasteiger partial charge on any atom is -0.463 e. The van der Waals surface area contributed by atoms with Gasteiger partial charge in [0.15, 0.2) is 0 Å². The topological polar surface area (TPSA) is 44.8 Å². The van der Waals surface area contributed by atoms with E-state index in [1.54, 1.807) is 0 Å². The first kappa shape index (κ1) is 17.3. The number of carbonyl (C=O) groups is 1. The van der Waals surface area contributed by atoms with E-state index in [4.69, 9.17) is 13.6 Å². The predicted molar refractivity (Wildman–Crippen MR) is 74.6 cm³/mol. The van der Waals surface area contributed by atoms with E-state index in [1.807, 2.05) is 27.7 Å². The zero-order chi connectivity index (χ0) is 14.2. The van der Waals surface area contributed by atoms with Crippen LogP contribution in [-0.2, 0) is 18.4 Å². The van der Waals surface area contributed by atoms with Gasteiger partial charge in [-0.2, -0.15) is 0 Å². The first-order chi connectivity index (χ1) is 8.29. The Balaban J connectivity index is 4.15. The van der Waals surface area contributed by atoms with Crippen LogP contribution in [0, 0.1) is 0 Å². The van der Waals surface area contributed by atoms with Crippen LogP contribution in [-0.4, -0.2) is 33.3 Å². The summed E-state index contributed by atoms with van der Waals surface area (Å²) in [7, 11) is -2.17. The minimum absolute atomic E-state index is 0.149. The second kappa shape index (κ2) is 8.45. The minimum atomic E-state index is -2.17. The highest BCUT2D eigenvalue weighted by molar-refractivity contribution is 6.66. The number of rotatable bonds is 9. The largest absolute Gasteiger partial charge is 0.463 e. The molecule has 0 aliphatic carbocycles. The molecule has 0 aromatic rings. The van der Waals surface area contributed by atoms with Crippen molar-refractivity contribution in [1.82, 2.24) is 0 Å². The smallest absolute Gasteiger partial charge is 0.335 e. The van der Waals surface area contributed by atoms with Gasteiger partial charge in [-0.25, -0.2) is 4.79 Å². The van der Waals surface area contributed by atoms with Crippen molar-refractivity contribution in [2.75, 3.05) is 6.61 Å². The van der Waals surface area contributed by atoms with Gasteiger partial charge in [-0.15, -0.1) is 0 Å². The predicted octanol–water partition coefficient (Wildman–Crippen LogP) is 3.03. The fourth-order valence-electron chi connectivity index (χ4n) is 1.77. The zero-order valence-corrected chi connectivity index (χ0v) is 13.2. The molecule has 0 aliphatic rings. The fraction of sp³-hybridized carbons (Fsp3) is 0.769. The van der Waals surface area contributed by atoms with Gasteiger partial charge in [0, 0.05) is 18.3 Å².